The maximum atomic E-state index is 11.2. The van der Waals surface area contributed by atoms with Crippen LogP contribution in [0.5, 0.6) is 0 Å². The molecule has 0 unspecified atom stereocenters. The van der Waals surface area contributed by atoms with E-state index < -0.39 is 0 Å². The number of likely N-dealkylation sites (N-methyl/N-ethyl adjacent to an activating group) is 1. The number of nitrogens with zero attached hydrogens (tertiary/aromatic N) is 1. The summed E-state index contributed by atoms with van der Waals surface area (Å²) in [4.78, 5) is 11.2. The normalized spacial score (nSPS) is 9.31. The smallest absolute Gasteiger partial charge is 0.239 e. The fraction of sp³-hybridized carbons (Fsp3) is 0.273. The summed E-state index contributed by atoms with van der Waals surface area (Å²) in [5, 5.41) is 14.6. The van der Waals surface area contributed by atoms with Crippen molar-refractivity contribution >= 4 is 23.2 Å². The van der Waals surface area contributed by atoms with Crippen LogP contribution in [0.3, 0.4) is 0 Å². The number of carbonyl (C=O) groups excluding carboxylic acids is 1. The monoisotopic (exact) mass is 237 g/mol. The Morgan fingerprint density at radius 3 is 2.88 bits per heavy atom. The lowest BCUT2D eigenvalue weighted by Gasteiger charge is -2.08. The molecule has 0 aromatic heterocycles. The molecular weight excluding hydrogens is 226 g/mol. The van der Waals surface area contributed by atoms with Crippen LogP contribution < -0.4 is 10.6 Å². The molecule has 1 aromatic rings. The van der Waals surface area contributed by atoms with E-state index in [-0.39, 0.29) is 12.5 Å². The number of nitriles is 1. The van der Waals surface area contributed by atoms with Gasteiger partial charge < -0.3 is 10.6 Å². The molecule has 4 nitrogen and oxygen atoms in total. The number of rotatable bonds is 4. The Morgan fingerprint density at radius 1 is 1.56 bits per heavy atom. The molecule has 5 heteroatoms. The highest BCUT2D eigenvalue weighted by Gasteiger charge is 2.03. The van der Waals surface area contributed by atoms with Crippen LogP contribution in [0.1, 0.15) is 12.5 Å². The maximum Gasteiger partial charge on any atom is 0.239 e. The average Bonchev–Trinajstić information content (AvgIpc) is 2.27. The minimum absolute atomic E-state index is 0.0945. The number of carbonyl (C=O) groups is 1. The first-order valence-corrected chi connectivity index (χ1v) is 5.25. The number of halogens is 1. The summed E-state index contributed by atoms with van der Waals surface area (Å²) in [7, 11) is 0. The number of anilines is 1. The average molecular weight is 238 g/mol. The van der Waals surface area contributed by atoms with Crippen LogP contribution in [-0.2, 0) is 4.79 Å². The van der Waals surface area contributed by atoms with Gasteiger partial charge in [-0.15, -0.1) is 0 Å². The third-order valence-electron chi connectivity index (χ3n) is 1.91. The Kier molecular flexibility index (Phi) is 4.62. The molecule has 0 fully saturated rings. The van der Waals surface area contributed by atoms with Crippen molar-refractivity contribution in [3.8, 4) is 6.07 Å². The molecule has 0 spiro atoms. The number of benzene rings is 1. The van der Waals surface area contributed by atoms with Gasteiger partial charge >= 0.3 is 0 Å². The lowest BCUT2D eigenvalue weighted by Crippen LogP contribution is -2.29. The quantitative estimate of drug-likeness (QED) is 0.839. The van der Waals surface area contributed by atoms with Crippen molar-refractivity contribution in [1.82, 2.24) is 5.32 Å². The Balaban J connectivity index is 2.62. The van der Waals surface area contributed by atoms with E-state index >= 15 is 0 Å². The van der Waals surface area contributed by atoms with Crippen LogP contribution in [-0.4, -0.2) is 19.0 Å². The Labute approximate surface area is 99.2 Å². The molecule has 1 rings (SSSR count). The lowest BCUT2D eigenvalue weighted by atomic mass is 10.2. The summed E-state index contributed by atoms with van der Waals surface area (Å²) in [6, 6.07) is 6.87. The molecule has 0 radical (unpaired) electrons. The SMILES string of the molecule is CCNC(=O)CNc1ccc(C#N)cc1Cl. The van der Waals surface area contributed by atoms with Gasteiger partial charge in [0.25, 0.3) is 0 Å². The third-order valence-corrected chi connectivity index (χ3v) is 2.22. The molecule has 0 saturated carbocycles. The van der Waals surface area contributed by atoms with Gasteiger partial charge in [-0.25, -0.2) is 0 Å². The second-order valence-corrected chi connectivity index (χ2v) is 3.52. The highest BCUT2D eigenvalue weighted by atomic mass is 35.5. The summed E-state index contributed by atoms with van der Waals surface area (Å²) in [5.74, 6) is -0.0945. The zero-order valence-corrected chi connectivity index (χ0v) is 9.64. The lowest BCUT2D eigenvalue weighted by molar-refractivity contribution is -0.119. The standard InChI is InChI=1S/C11H12ClN3O/c1-2-14-11(16)7-15-10-4-3-8(6-13)5-9(10)12/h3-5,15H,2,7H2,1H3,(H,14,16). The molecule has 1 aromatic carbocycles. The van der Waals surface area contributed by atoms with Crippen LogP contribution in [0.25, 0.3) is 0 Å². The highest BCUT2D eigenvalue weighted by molar-refractivity contribution is 6.33. The second-order valence-electron chi connectivity index (χ2n) is 3.11. The van der Waals surface area contributed by atoms with Crippen molar-refractivity contribution in [2.75, 3.05) is 18.4 Å². The zero-order valence-electron chi connectivity index (χ0n) is 8.88. The number of hydrogen-bond acceptors (Lipinski definition) is 3. The van der Waals surface area contributed by atoms with Crippen molar-refractivity contribution in [2.24, 2.45) is 0 Å². The number of hydrogen-bond donors (Lipinski definition) is 2. The summed E-state index contributed by atoms with van der Waals surface area (Å²) >= 11 is 5.92. The van der Waals surface area contributed by atoms with Gasteiger partial charge in [0.1, 0.15) is 0 Å². The van der Waals surface area contributed by atoms with Crippen LogP contribution in [0, 0.1) is 11.3 Å². The van der Waals surface area contributed by atoms with E-state index in [9.17, 15) is 4.79 Å². The van der Waals surface area contributed by atoms with E-state index in [1.54, 1.807) is 18.2 Å². The van der Waals surface area contributed by atoms with Crippen molar-refractivity contribution < 1.29 is 4.79 Å². The first-order valence-electron chi connectivity index (χ1n) is 4.87. The molecule has 84 valence electrons. The summed E-state index contributed by atoms with van der Waals surface area (Å²) in [6.07, 6.45) is 0. The van der Waals surface area contributed by atoms with E-state index in [2.05, 4.69) is 10.6 Å². The maximum absolute atomic E-state index is 11.2. The van der Waals surface area contributed by atoms with Gasteiger partial charge in [-0.2, -0.15) is 5.26 Å². The molecule has 0 aliphatic carbocycles. The Morgan fingerprint density at radius 2 is 2.31 bits per heavy atom. The predicted molar refractivity (Wildman–Crippen MR) is 63.3 cm³/mol. The summed E-state index contributed by atoms with van der Waals surface area (Å²) in [5.41, 5.74) is 1.14. The van der Waals surface area contributed by atoms with Crippen LogP contribution in [0.2, 0.25) is 5.02 Å². The van der Waals surface area contributed by atoms with Gasteiger partial charge in [0.2, 0.25) is 5.91 Å². The van der Waals surface area contributed by atoms with Gasteiger partial charge in [0, 0.05) is 6.54 Å². The minimum Gasteiger partial charge on any atom is -0.375 e. The second kappa shape index (κ2) is 5.99. The van der Waals surface area contributed by atoms with E-state index in [1.807, 2.05) is 13.0 Å². The predicted octanol–water partition coefficient (Wildman–Crippen LogP) is 1.76. The molecular formula is C11H12ClN3O. The Bertz CT molecular complexity index is 426. The van der Waals surface area contributed by atoms with Crippen molar-refractivity contribution in [1.29, 1.82) is 5.26 Å². The highest BCUT2D eigenvalue weighted by Crippen LogP contribution is 2.22. The van der Waals surface area contributed by atoms with Gasteiger partial charge in [-0.05, 0) is 25.1 Å². The molecule has 0 saturated heterocycles. The van der Waals surface area contributed by atoms with Crippen LogP contribution in [0.4, 0.5) is 5.69 Å². The van der Waals surface area contributed by atoms with Gasteiger partial charge in [-0.3, -0.25) is 4.79 Å². The summed E-state index contributed by atoms with van der Waals surface area (Å²) in [6.45, 7) is 2.62. The first kappa shape index (κ1) is 12.3. The molecule has 16 heavy (non-hydrogen) atoms. The van der Waals surface area contributed by atoms with Crippen LogP contribution in [0.15, 0.2) is 18.2 Å². The fourth-order valence-corrected chi connectivity index (χ4v) is 1.41. The largest absolute Gasteiger partial charge is 0.375 e. The van der Waals surface area contributed by atoms with Gasteiger partial charge in [0.15, 0.2) is 0 Å². The third kappa shape index (κ3) is 3.44. The molecule has 0 aliphatic heterocycles. The molecule has 0 bridgehead atoms. The molecule has 2 N–H and O–H groups in total. The number of amides is 1. The van der Waals surface area contributed by atoms with Crippen molar-refractivity contribution in [3.05, 3.63) is 28.8 Å². The minimum atomic E-state index is -0.0945. The van der Waals surface area contributed by atoms with Crippen LogP contribution >= 0.6 is 11.6 Å². The van der Waals surface area contributed by atoms with E-state index in [0.29, 0.717) is 22.8 Å². The molecule has 0 aliphatic rings. The molecule has 0 heterocycles. The fourth-order valence-electron chi connectivity index (χ4n) is 1.16. The van der Waals surface area contributed by atoms with Crippen molar-refractivity contribution in [2.45, 2.75) is 6.92 Å². The van der Waals surface area contributed by atoms with E-state index in [0.717, 1.165) is 0 Å². The molecule has 0 atom stereocenters. The first-order chi connectivity index (χ1) is 7.67. The van der Waals surface area contributed by atoms with Gasteiger partial charge in [-0.1, -0.05) is 11.6 Å². The number of nitrogens with one attached hydrogen (secondary N) is 2. The van der Waals surface area contributed by atoms with E-state index in [4.69, 9.17) is 16.9 Å². The zero-order chi connectivity index (χ0) is 12.0. The van der Waals surface area contributed by atoms with E-state index in [1.165, 1.54) is 0 Å². The van der Waals surface area contributed by atoms with Gasteiger partial charge in [0.05, 0.1) is 28.9 Å². The van der Waals surface area contributed by atoms with Crippen molar-refractivity contribution in [3.63, 3.8) is 0 Å². The summed E-state index contributed by atoms with van der Waals surface area (Å²) < 4.78 is 0. The topological polar surface area (TPSA) is 64.9 Å². The molecule has 1 amide bonds. The Hall–Kier alpha value is -1.73.